The van der Waals surface area contributed by atoms with Crippen LogP contribution in [-0.4, -0.2) is 87.3 Å². The molecule has 0 aliphatic carbocycles. The lowest BCUT2D eigenvalue weighted by Crippen LogP contribution is -2.48. The number of rotatable bonds is 9. The van der Waals surface area contributed by atoms with Crippen molar-refractivity contribution in [3.8, 4) is 22.9 Å². The highest BCUT2D eigenvalue weighted by atomic mass is 16.6. The van der Waals surface area contributed by atoms with E-state index >= 15 is 0 Å². The van der Waals surface area contributed by atoms with Crippen molar-refractivity contribution < 1.29 is 43.2 Å². The van der Waals surface area contributed by atoms with Gasteiger partial charge in [-0.2, -0.15) is 0 Å². The van der Waals surface area contributed by atoms with Crippen molar-refractivity contribution in [3.63, 3.8) is 0 Å². The first kappa shape index (κ1) is 37.2. The Morgan fingerprint density at radius 2 is 1.66 bits per heavy atom. The first-order valence-electron chi connectivity index (χ1n) is 19.4. The second kappa shape index (κ2) is 15.1. The van der Waals surface area contributed by atoms with E-state index in [4.69, 9.17) is 29.0 Å². The molecule has 6 heterocycles. The van der Waals surface area contributed by atoms with Crippen LogP contribution >= 0.6 is 0 Å². The summed E-state index contributed by atoms with van der Waals surface area (Å²) in [4.78, 5) is 74.7. The molecule has 4 aromatic rings. The average Bonchev–Trinajstić information content (AvgIpc) is 3.59. The van der Waals surface area contributed by atoms with Crippen molar-refractivity contribution in [2.45, 2.75) is 83.6 Å². The number of carboxylic acids is 1. The number of esters is 2. The molecule has 1 unspecified atom stereocenters. The molecule has 2 aromatic heterocycles. The average molecular weight is 765 g/mol. The molecular weight excluding hydrogens is 720 g/mol. The minimum atomic E-state index is -1.91. The minimum absolute atomic E-state index is 0.0169. The molecule has 14 heteroatoms. The number of benzene rings is 2. The number of carbonyl (C=O) groups excluding carboxylic acids is 3. The van der Waals surface area contributed by atoms with Gasteiger partial charge in [0.15, 0.2) is 6.61 Å². The van der Waals surface area contributed by atoms with Gasteiger partial charge < -0.3 is 38.4 Å². The number of pyridine rings is 2. The highest BCUT2D eigenvalue weighted by Gasteiger charge is 2.50. The summed E-state index contributed by atoms with van der Waals surface area (Å²) in [6.07, 6.45) is 5.90. The lowest BCUT2D eigenvalue weighted by Gasteiger charge is -2.39. The molecule has 1 atom stereocenters. The summed E-state index contributed by atoms with van der Waals surface area (Å²) in [6.45, 7) is 6.66. The fourth-order valence-corrected chi connectivity index (χ4v) is 8.69. The van der Waals surface area contributed by atoms with Gasteiger partial charge in [0.05, 0.1) is 34.6 Å². The summed E-state index contributed by atoms with van der Waals surface area (Å²) >= 11 is 0. The topological polar surface area (TPSA) is 167 Å². The standard InChI is InChI=1S/C42H44N4O10/c1-3-29-30-20-28(55-41(52)45-18-14-26(15-19-45)44-16-6-5-7-17-44)12-13-34(30)43-37-31(29)22-46-35(37)21-33-32(38(46)48)23-54-40(51)42(33,4-2)56-36(47)24-53-27-10-8-25(9-11-27)39(49)50/h8-13,20-21,26H,3-7,14-19,22-24H2,1-2H3,(H,49,50). The van der Waals surface area contributed by atoms with Crippen molar-refractivity contribution in [3.05, 3.63) is 86.7 Å². The Kier molecular flexibility index (Phi) is 10.00. The third-order valence-corrected chi connectivity index (χ3v) is 11.7. The Morgan fingerprint density at radius 1 is 0.929 bits per heavy atom. The van der Waals surface area contributed by atoms with E-state index in [2.05, 4.69) is 4.90 Å². The molecule has 0 radical (unpaired) electrons. The van der Waals surface area contributed by atoms with Crippen LogP contribution in [0, 0.1) is 0 Å². The van der Waals surface area contributed by atoms with E-state index < -0.39 is 30.1 Å². The second-order valence-electron chi connectivity index (χ2n) is 14.8. The maximum Gasteiger partial charge on any atom is 0.415 e. The van der Waals surface area contributed by atoms with E-state index in [0.717, 1.165) is 42.4 Å². The molecule has 2 fully saturated rings. The molecule has 1 N–H and O–H groups in total. The van der Waals surface area contributed by atoms with E-state index in [0.29, 0.717) is 48.2 Å². The Labute approximate surface area is 322 Å². The number of piperidine rings is 2. The number of hydrogen-bond acceptors (Lipinski definition) is 11. The smallest absolute Gasteiger partial charge is 0.415 e. The van der Waals surface area contributed by atoms with Crippen molar-refractivity contribution in [1.82, 2.24) is 19.4 Å². The number of likely N-dealkylation sites (tertiary alicyclic amines) is 2. The highest BCUT2D eigenvalue weighted by molar-refractivity contribution is 5.91. The number of fused-ring (bicyclic) bond motifs is 5. The summed E-state index contributed by atoms with van der Waals surface area (Å²) in [6, 6.07) is 13.1. The SMILES string of the molecule is CCc1c2c(nc3ccc(OC(=O)N4CCC(N5CCCCC5)CC4)cc13)-c1cc3c(c(=O)n1C2)COC(=O)C3(CC)OC(=O)COc1ccc(C(=O)O)cc1. The van der Waals surface area contributed by atoms with Gasteiger partial charge in [-0.1, -0.05) is 20.3 Å². The number of carbonyl (C=O) groups is 4. The molecule has 14 nitrogen and oxygen atoms in total. The number of carboxylic acid groups (broad SMARTS) is 1. The van der Waals surface area contributed by atoms with E-state index in [1.54, 1.807) is 28.5 Å². The van der Waals surface area contributed by atoms with E-state index in [1.807, 2.05) is 19.1 Å². The van der Waals surface area contributed by atoms with Crippen LogP contribution in [0.3, 0.4) is 0 Å². The molecule has 0 saturated carbocycles. The number of aromatic carboxylic acids is 1. The maximum atomic E-state index is 14.2. The Hall–Kier alpha value is -5.76. The fourth-order valence-electron chi connectivity index (χ4n) is 8.69. The molecule has 0 bridgehead atoms. The third kappa shape index (κ3) is 6.65. The summed E-state index contributed by atoms with van der Waals surface area (Å²) in [5.41, 5.74) is 1.74. The van der Waals surface area contributed by atoms with Crippen LogP contribution in [0.4, 0.5) is 4.79 Å². The molecule has 1 amide bonds. The quantitative estimate of drug-likeness (QED) is 0.190. The van der Waals surface area contributed by atoms with E-state index in [1.165, 1.54) is 43.5 Å². The van der Waals surface area contributed by atoms with Crippen LogP contribution in [-0.2, 0) is 44.2 Å². The van der Waals surface area contributed by atoms with Crippen LogP contribution in [0.15, 0.2) is 53.3 Å². The van der Waals surface area contributed by atoms with Gasteiger partial charge in [-0.05, 0) is 106 Å². The predicted molar refractivity (Wildman–Crippen MR) is 203 cm³/mol. The zero-order valence-electron chi connectivity index (χ0n) is 31.5. The number of amides is 1. The number of ether oxygens (including phenoxy) is 4. The minimum Gasteiger partial charge on any atom is -0.482 e. The number of cyclic esters (lactones) is 1. The van der Waals surface area contributed by atoms with Gasteiger partial charge >= 0.3 is 24.0 Å². The molecule has 0 spiro atoms. The van der Waals surface area contributed by atoms with Crippen LogP contribution in [0.2, 0.25) is 0 Å². The number of aryl methyl sites for hydroxylation is 1. The van der Waals surface area contributed by atoms with Crippen LogP contribution in [0.1, 0.15) is 85.0 Å². The van der Waals surface area contributed by atoms with Crippen LogP contribution in [0.5, 0.6) is 11.5 Å². The molecule has 292 valence electrons. The Balaban J connectivity index is 1.04. The molecule has 4 aliphatic rings. The Bertz CT molecular complexity index is 2290. The lowest BCUT2D eigenvalue weighted by molar-refractivity contribution is -0.190. The molecule has 56 heavy (non-hydrogen) atoms. The number of hydrogen-bond donors (Lipinski definition) is 1. The van der Waals surface area contributed by atoms with Crippen molar-refractivity contribution >= 4 is 34.9 Å². The molecule has 8 rings (SSSR count). The van der Waals surface area contributed by atoms with Gasteiger partial charge in [0.2, 0.25) is 5.60 Å². The van der Waals surface area contributed by atoms with Crippen LogP contribution < -0.4 is 15.0 Å². The molecular formula is C42H44N4O10. The van der Waals surface area contributed by atoms with E-state index in [9.17, 15) is 24.0 Å². The van der Waals surface area contributed by atoms with Gasteiger partial charge in [-0.25, -0.2) is 24.2 Å². The summed E-state index contributed by atoms with van der Waals surface area (Å²) in [5.74, 6) is -2.13. The second-order valence-corrected chi connectivity index (χ2v) is 14.8. The third-order valence-electron chi connectivity index (χ3n) is 11.7. The lowest BCUT2D eigenvalue weighted by atomic mass is 9.85. The van der Waals surface area contributed by atoms with Gasteiger partial charge in [-0.3, -0.25) is 4.79 Å². The zero-order chi connectivity index (χ0) is 39.1. The van der Waals surface area contributed by atoms with Gasteiger partial charge in [0.25, 0.3) is 5.56 Å². The number of nitrogens with zero attached hydrogens (tertiary/aromatic N) is 4. The van der Waals surface area contributed by atoms with Crippen molar-refractivity contribution in [1.29, 1.82) is 0 Å². The first-order chi connectivity index (χ1) is 27.1. The normalized spacial score (nSPS) is 19.5. The fraction of sp³-hybridized carbons (Fsp3) is 0.429. The maximum absolute atomic E-state index is 14.2. The van der Waals surface area contributed by atoms with Crippen LogP contribution in [0.25, 0.3) is 22.3 Å². The van der Waals surface area contributed by atoms with Crippen molar-refractivity contribution in [2.24, 2.45) is 0 Å². The van der Waals surface area contributed by atoms with E-state index in [-0.39, 0.29) is 53.7 Å². The van der Waals surface area contributed by atoms with Gasteiger partial charge in [0.1, 0.15) is 18.1 Å². The number of aromatic nitrogens is 2. The Morgan fingerprint density at radius 3 is 2.36 bits per heavy atom. The summed E-state index contributed by atoms with van der Waals surface area (Å²) in [5, 5.41) is 9.96. The predicted octanol–water partition coefficient (Wildman–Crippen LogP) is 5.42. The highest BCUT2D eigenvalue weighted by Crippen LogP contribution is 2.42. The summed E-state index contributed by atoms with van der Waals surface area (Å²) < 4.78 is 24.4. The molecule has 2 aromatic carbocycles. The molecule has 2 saturated heterocycles. The monoisotopic (exact) mass is 764 g/mol. The molecule has 4 aliphatic heterocycles. The summed E-state index contributed by atoms with van der Waals surface area (Å²) in [7, 11) is 0. The van der Waals surface area contributed by atoms with Crippen molar-refractivity contribution in [2.75, 3.05) is 32.8 Å². The first-order valence-corrected chi connectivity index (χ1v) is 19.4. The zero-order valence-corrected chi connectivity index (χ0v) is 31.5. The largest absolute Gasteiger partial charge is 0.482 e. The van der Waals surface area contributed by atoms with Gasteiger partial charge in [-0.15, -0.1) is 0 Å². The van der Waals surface area contributed by atoms with Gasteiger partial charge in [0, 0.05) is 35.6 Å².